The van der Waals surface area contributed by atoms with Gasteiger partial charge in [0.1, 0.15) is 0 Å². The first-order valence-corrected chi connectivity index (χ1v) is 11.6. The number of carbonyl (C=O) groups is 1. The first-order chi connectivity index (χ1) is 14.5. The number of anilines is 1. The highest BCUT2D eigenvalue weighted by Crippen LogP contribution is 2.31. The molecule has 1 heterocycles. The number of amides is 1. The van der Waals surface area contributed by atoms with Gasteiger partial charge < -0.3 is 5.32 Å². The third kappa shape index (κ3) is 5.57. The molecule has 164 valence electrons. The highest BCUT2D eigenvalue weighted by atomic mass is 35.5. The predicted octanol–water partition coefficient (Wildman–Crippen LogP) is 5.71. The number of halogens is 4. The van der Waals surface area contributed by atoms with Gasteiger partial charge >= 0.3 is 6.18 Å². The number of alkyl halides is 3. The fraction of sp³-hybridized carbons (Fsp3) is 0.150. The summed E-state index contributed by atoms with van der Waals surface area (Å²) in [7, 11) is -4.27. The second-order valence-electron chi connectivity index (χ2n) is 6.54. The van der Waals surface area contributed by atoms with E-state index in [1.165, 1.54) is 23.5 Å². The summed E-state index contributed by atoms with van der Waals surface area (Å²) in [6.07, 6.45) is -4.62. The van der Waals surface area contributed by atoms with Crippen LogP contribution in [0.5, 0.6) is 0 Å². The van der Waals surface area contributed by atoms with Crippen LogP contribution in [-0.4, -0.2) is 14.3 Å². The second kappa shape index (κ2) is 8.89. The van der Waals surface area contributed by atoms with Gasteiger partial charge in [0.2, 0.25) is 0 Å². The van der Waals surface area contributed by atoms with Crippen molar-refractivity contribution < 1.29 is 26.4 Å². The van der Waals surface area contributed by atoms with Gasteiger partial charge in [-0.2, -0.15) is 13.2 Å². The summed E-state index contributed by atoms with van der Waals surface area (Å²) in [4.78, 5) is 13.2. The lowest BCUT2D eigenvalue weighted by molar-refractivity contribution is -0.137. The Bertz CT molecular complexity index is 1200. The number of rotatable bonds is 6. The number of thiophene rings is 1. The standard InChI is InChI=1S/C20H16ClF3N2O3S2/c1-12(18-6-3-9-30-18)25-19(27)16-11-15(7-8-17(16)21)31(28,29)26-14-5-2-4-13(10-14)20(22,23)24/h2-12,26H,1H3,(H,25,27). The number of hydrogen-bond donors (Lipinski definition) is 2. The van der Waals surface area contributed by atoms with Crippen molar-refractivity contribution in [2.45, 2.75) is 24.0 Å². The van der Waals surface area contributed by atoms with E-state index in [-0.39, 0.29) is 27.2 Å². The fourth-order valence-electron chi connectivity index (χ4n) is 2.70. The van der Waals surface area contributed by atoms with E-state index in [2.05, 4.69) is 10.0 Å². The lowest BCUT2D eigenvalue weighted by atomic mass is 10.2. The van der Waals surface area contributed by atoms with Crippen molar-refractivity contribution >= 4 is 44.6 Å². The molecular weight excluding hydrogens is 473 g/mol. The Kier molecular flexibility index (Phi) is 6.63. The maximum Gasteiger partial charge on any atom is 0.416 e. The molecule has 0 aliphatic carbocycles. The molecule has 5 nitrogen and oxygen atoms in total. The Hall–Kier alpha value is -2.56. The molecule has 3 rings (SSSR count). The number of hydrogen-bond acceptors (Lipinski definition) is 4. The molecule has 2 aromatic carbocycles. The van der Waals surface area contributed by atoms with Gasteiger partial charge in [-0.1, -0.05) is 23.7 Å². The van der Waals surface area contributed by atoms with Crippen LogP contribution in [0.15, 0.2) is 64.9 Å². The normalized spacial score (nSPS) is 12.9. The molecule has 0 radical (unpaired) electrons. The lowest BCUT2D eigenvalue weighted by Gasteiger charge is -2.15. The van der Waals surface area contributed by atoms with Gasteiger partial charge in [-0.15, -0.1) is 11.3 Å². The summed E-state index contributed by atoms with van der Waals surface area (Å²) in [5.41, 5.74) is -1.33. The molecule has 11 heteroatoms. The van der Waals surface area contributed by atoms with Gasteiger partial charge in [0.15, 0.2) is 0 Å². The summed E-state index contributed by atoms with van der Waals surface area (Å²) in [5, 5.41) is 4.63. The van der Waals surface area contributed by atoms with Crippen LogP contribution in [0.3, 0.4) is 0 Å². The van der Waals surface area contributed by atoms with Crippen molar-refractivity contribution in [3.63, 3.8) is 0 Å². The van der Waals surface area contributed by atoms with Crippen LogP contribution in [0.4, 0.5) is 18.9 Å². The predicted molar refractivity (Wildman–Crippen MR) is 114 cm³/mol. The van der Waals surface area contributed by atoms with Crippen LogP contribution >= 0.6 is 22.9 Å². The van der Waals surface area contributed by atoms with Crippen LogP contribution in [-0.2, 0) is 16.2 Å². The summed E-state index contributed by atoms with van der Waals surface area (Å²) in [5.74, 6) is -0.581. The van der Waals surface area contributed by atoms with Gasteiger partial charge in [0, 0.05) is 10.6 Å². The van der Waals surface area contributed by atoms with Gasteiger partial charge in [-0.25, -0.2) is 8.42 Å². The molecule has 1 atom stereocenters. The van der Waals surface area contributed by atoms with Crippen molar-refractivity contribution in [2.24, 2.45) is 0 Å². The zero-order valence-electron chi connectivity index (χ0n) is 15.9. The van der Waals surface area contributed by atoms with E-state index in [0.29, 0.717) is 6.07 Å². The van der Waals surface area contributed by atoms with Crippen LogP contribution in [0, 0.1) is 0 Å². The molecule has 2 N–H and O–H groups in total. The molecule has 0 aliphatic heterocycles. The monoisotopic (exact) mass is 488 g/mol. The summed E-state index contributed by atoms with van der Waals surface area (Å²) < 4.78 is 66.1. The van der Waals surface area contributed by atoms with Crippen LogP contribution < -0.4 is 10.0 Å². The SMILES string of the molecule is CC(NC(=O)c1cc(S(=O)(=O)Nc2cccc(C(F)(F)F)c2)ccc1Cl)c1cccs1. The van der Waals surface area contributed by atoms with Crippen LogP contribution in [0.1, 0.15) is 33.8 Å². The Morgan fingerprint density at radius 2 is 1.84 bits per heavy atom. The minimum Gasteiger partial charge on any atom is -0.345 e. The molecule has 0 aliphatic rings. The highest BCUT2D eigenvalue weighted by molar-refractivity contribution is 7.92. The number of carbonyl (C=O) groups excluding carboxylic acids is 1. The number of nitrogens with one attached hydrogen (secondary N) is 2. The van der Waals surface area contributed by atoms with E-state index < -0.39 is 27.7 Å². The molecule has 0 spiro atoms. The van der Waals surface area contributed by atoms with Crippen molar-refractivity contribution in [3.8, 4) is 0 Å². The molecule has 0 saturated heterocycles. The maximum atomic E-state index is 12.9. The molecule has 0 fully saturated rings. The van der Waals surface area contributed by atoms with Crippen molar-refractivity contribution in [1.82, 2.24) is 5.32 Å². The van der Waals surface area contributed by atoms with E-state index in [9.17, 15) is 26.4 Å². The Labute approximate surface area is 185 Å². The van der Waals surface area contributed by atoms with Gasteiger partial charge in [-0.05, 0) is 54.8 Å². The van der Waals surface area contributed by atoms with Crippen molar-refractivity contribution in [2.75, 3.05) is 4.72 Å². The lowest BCUT2D eigenvalue weighted by Crippen LogP contribution is -2.26. The Balaban J connectivity index is 1.85. The van der Waals surface area contributed by atoms with Crippen LogP contribution in [0.25, 0.3) is 0 Å². The van der Waals surface area contributed by atoms with E-state index in [1.807, 2.05) is 17.5 Å². The Morgan fingerprint density at radius 3 is 2.48 bits per heavy atom. The smallest absolute Gasteiger partial charge is 0.345 e. The molecule has 0 saturated carbocycles. The van der Waals surface area contributed by atoms with E-state index in [0.717, 1.165) is 29.1 Å². The Morgan fingerprint density at radius 1 is 1.10 bits per heavy atom. The van der Waals surface area contributed by atoms with E-state index >= 15 is 0 Å². The minimum atomic E-state index is -4.62. The average Bonchev–Trinajstić information content (AvgIpc) is 3.22. The number of sulfonamides is 1. The molecule has 1 aromatic heterocycles. The van der Waals surface area contributed by atoms with Gasteiger partial charge in [0.25, 0.3) is 15.9 Å². The first kappa shape index (κ1) is 23.1. The molecule has 0 bridgehead atoms. The zero-order chi connectivity index (χ0) is 22.8. The number of benzene rings is 2. The quantitative estimate of drug-likeness (QED) is 0.466. The van der Waals surface area contributed by atoms with Gasteiger partial charge in [-0.3, -0.25) is 9.52 Å². The summed E-state index contributed by atoms with van der Waals surface area (Å²) in [6, 6.07) is 10.6. The fourth-order valence-corrected chi connectivity index (χ4v) is 4.71. The zero-order valence-corrected chi connectivity index (χ0v) is 18.3. The van der Waals surface area contributed by atoms with Crippen molar-refractivity contribution in [3.05, 3.63) is 81.0 Å². The molecular formula is C20H16ClF3N2O3S2. The van der Waals surface area contributed by atoms with Crippen molar-refractivity contribution in [1.29, 1.82) is 0 Å². The third-order valence-electron chi connectivity index (χ3n) is 4.25. The van der Waals surface area contributed by atoms with Gasteiger partial charge in [0.05, 0.1) is 27.1 Å². The molecule has 1 amide bonds. The summed E-state index contributed by atoms with van der Waals surface area (Å²) >= 11 is 7.53. The molecule has 1 unspecified atom stereocenters. The average molecular weight is 489 g/mol. The highest BCUT2D eigenvalue weighted by Gasteiger charge is 2.31. The minimum absolute atomic E-state index is 0.0360. The largest absolute Gasteiger partial charge is 0.416 e. The second-order valence-corrected chi connectivity index (χ2v) is 9.61. The molecule has 3 aromatic rings. The summed E-state index contributed by atoms with van der Waals surface area (Å²) in [6.45, 7) is 1.77. The van der Waals surface area contributed by atoms with E-state index in [4.69, 9.17) is 11.6 Å². The first-order valence-electron chi connectivity index (χ1n) is 8.81. The van der Waals surface area contributed by atoms with E-state index in [1.54, 1.807) is 6.92 Å². The topological polar surface area (TPSA) is 75.3 Å². The molecule has 31 heavy (non-hydrogen) atoms. The van der Waals surface area contributed by atoms with Crippen LogP contribution in [0.2, 0.25) is 5.02 Å². The maximum absolute atomic E-state index is 12.9. The third-order valence-corrected chi connectivity index (χ3v) is 7.02.